The van der Waals surface area contributed by atoms with Crippen molar-refractivity contribution >= 4 is 23.1 Å². The maximum Gasteiger partial charge on any atom is 0.234 e. The second-order valence-electron chi connectivity index (χ2n) is 3.49. The van der Waals surface area contributed by atoms with E-state index in [1.165, 1.54) is 6.07 Å². The van der Waals surface area contributed by atoms with Gasteiger partial charge in [0.25, 0.3) is 0 Å². The van der Waals surface area contributed by atoms with Crippen LogP contribution in [0.15, 0.2) is 12.1 Å². The van der Waals surface area contributed by atoms with Gasteiger partial charge in [-0.1, -0.05) is 0 Å². The fraction of sp³-hybridized carbons (Fsp3) is 0.200. The Hall–Kier alpha value is -1.98. The van der Waals surface area contributed by atoms with E-state index < -0.39 is 23.2 Å². The van der Waals surface area contributed by atoms with Crippen molar-refractivity contribution in [1.29, 1.82) is 0 Å². The Bertz CT molecular complexity index is 488. The number of halogens is 2. The zero-order chi connectivity index (χ0) is 11.9. The molecule has 4 nitrogen and oxygen atoms in total. The summed E-state index contributed by atoms with van der Waals surface area (Å²) in [6.45, 7) is -0.145. The third-order valence-corrected chi connectivity index (χ3v) is 2.38. The summed E-state index contributed by atoms with van der Waals surface area (Å²) in [5.74, 6) is -3.01. The summed E-state index contributed by atoms with van der Waals surface area (Å²) in [6.07, 6.45) is -0.224. The quantitative estimate of drug-likeness (QED) is 0.570. The van der Waals surface area contributed by atoms with Crippen molar-refractivity contribution in [1.82, 2.24) is 0 Å². The van der Waals surface area contributed by atoms with E-state index in [-0.39, 0.29) is 24.4 Å². The summed E-state index contributed by atoms with van der Waals surface area (Å²) in [7, 11) is 0. The van der Waals surface area contributed by atoms with Crippen LogP contribution < -0.4 is 10.6 Å². The number of rotatable bonds is 1. The molecule has 0 bridgehead atoms. The van der Waals surface area contributed by atoms with Crippen molar-refractivity contribution in [3.05, 3.63) is 23.8 Å². The minimum absolute atomic E-state index is 0.0368. The number of carbonyl (C=O) groups excluding carboxylic acids is 2. The molecule has 16 heavy (non-hydrogen) atoms. The van der Waals surface area contributed by atoms with Crippen LogP contribution in [0, 0.1) is 11.6 Å². The molecule has 6 heteroatoms. The van der Waals surface area contributed by atoms with Gasteiger partial charge in [0.05, 0.1) is 24.3 Å². The Labute approximate surface area is 89.6 Å². The molecule has 0 atom stereocenters. The molecule has 0 spiro atoms. The highest BCUT2D eigenvalue weighted by Crippen LogP contribution is 2.29. The number of nitrogens with two attached hydrogens (primary N) is 1. The summed E-state index contributed by atoms with van der Waals surface area (Å²) in [4.78, 5) is 23.5. The van der Waals surface area contributed by atoms with Crippen LogP contribution >= 0.6 is 0 Å². The molecule has 84 valence electrons. The first kappa shape index (κ1) is 10.5. The number of nitrogen functional groups attached to an aromatic ring is 1. The van der Waals surface area contributed by atoms with Crippen LogP contribution in [-0.2, 0) is 9.59 Å². The molecule has 0 saturated carbocycles. The van der Waals surface area contributed by atoms with Gasteiger partial charge in [-0.25, -0.2) is 8.78 Å². The monoisotopic (exact) mass is 226 g/mol. The van der Waals surface area contributed by atoms with Gasteiger partial charge in [-0.15, -0.1) is 0 Å². The Balaban J connectivity index is 2.45. The molecule has 0 aromatic heterocycles. The highest BCUT2D eigenvalue weighted by Gasteiger charge is 2.30. The summed E-state index contributed by atoms with van der Waals surface area (Å²) >= 11 is 0. The molecular formula is C10H8F2N2O2. The van der Waals surface area contributed by atoms with Gasteiger partial charge < -0.3 is 10.6 Å². The van der Waals surface area contributed by atoms with Gasteiger partial charge >= 0.3 is 0 Å². The van der Waals surface area contributed by atoms with E-state index in [0.29, 0.717) is 0 Å². The number of nitrogens with zero attached hydrogens (tertiary/aromatic N) is 1. The Morgan fingerprint density at radius 2 is 1.94 bits per heavy atom. The summed E-state index contributed by atoms with van der Waals surface area (Å²) < 4.78 is 25.9. The lowest BCUT2D eigenvalue weighted by Crippen LogP contribution is -2.26. The van der Waals surface area contributed by atoms with Crippen molar-refractivity contribution in [2.75, 3.05) is 17.2 Å². The van der Waals surface area contributed by atoms with Gasteiger partial charge in [-0.2, -0.15) is 0 Å². The minimum Gasteiger partial charge on any atom is -0.395 e. The highest BCUT2D eigenvalue weighted by atomic mass is 19.2. The first-order valence-corrected chi connectivity index (χ1v) is 4.56. The molecule has 1 aliphatic heterocycles. The Morgan fingerprint density at radius 3 is 2.50 bits per heavy atom. The average molecular weight is 226 g/mol. The number of ketones is 1. The molecule has 1 saturated heterocycles. The van der Waals surface area contributed by atoms with Crippen molar-refractivity contribution in [3.8, 4) is 0 Å². The van der Waals surface area contributed by atoms with Crippen LogP contribution in [0.25, 0.3) is 0 Å². The minimum atomic E-state index is -1.20. The third-order valence-electron chi connectivity index (χ3n) is 2.38. The van der Waals surface area contributed by atoms with Crippen molar-refractivity contribution in [2.24, 2.45) is 0 Å². The lowest BCUT2D eigenvalue weighted by molar-refractivity contribution is -0.121. The number of hydrogen-bond acceptors (Lipinski definition) is 3. The van der Waals surface area contributed by atoms with Gasteiger partial charge in [0.2, 0.25) is 5.91 Å². The Kier molecular flexibility index (Phi) is 2.34. The zero-order valence-electron chi connectivity index (χ0n) is 8.17. The van der Waals surface area contributed by atoms with Crippen LogP contribution in [0.2, 0.25) is 0 Å². The van der Waals surface area contributed by atoms with Crippen LogP contribution in [-0.4, -0.2) is 18.2 Å². The molecule has 0 radical (unpaired) electrons. The van der Waals surface area contributed by atoms with Crippen LogP contribution in [0.3, 0.4) is 0 Å². The van der Waals surface area contributed by atoms with Gasteiger partial charge in [0, 0.05) is 0 Å². The number of carbonyl (C=O) groups is 2. The van der Waals surface area contributed by atoms with Crippen molar-refractivity contribution in [3.63, 3.8) is 0 Å². The van der Waals surface area contributed by atoms with Gasteiger partial charge in [-0.3, -0.25) is 9.59 Å². The molecule has 0 unspecified atom stereocenters. The van der Waals surface area contributed by atoms with Crippen molar-refractivity contribution in [2.45, 2.75) is 6.42 Å². The first-order chi connectivity index (χ1) is 7.50. The Morgan fingerprint density at radius 1 is 1.25 bits per heavy atom. The van der Waals surface area contributed by atoms with E-state index in [1.54, 1.807) is 0 Å². The molecule has 1 heterocycles. The van der Waals surface area contributed by atoms with E-state index in [4.69, 9.17) is 5.73 Å². The maximum absolute atomic E-state index is 13.1. The number of amides is 1. The second-order valence-corrected chi connectivity index (χ2v) is 3.49. The predicted octanol–water partition coefficient (Wildman–Crippen LogP) is 0.853. The summed E-state index contributed by atoms with van der Waals surface area (Å²) in [5, 5.41) is 0. The molecule has 1 aromatic carbocycles. The molecular weight excluding hydrogens is 218 g/mol. The van der Waals surface area contributed by atoms with E-state index in [1.807, 2.05) is 0 Å². The lowest BCUT2D eigenvalue weighted by atomic mass is 10.2. The molecule has 1 amide bonds. The van der Waals surface area contributed by atoms with Gasteiger partial charge in [0.15, 0.2) is 17.4 Å². The summed E-state index contributed by atoms with van der Waals surface area (Å²) in [6, 6.07) is 2.06. The fourth-order valence-corrected chi connectivity index (χ4v) is 1.60. The largest absolute Gasteiger partial charge is 0.395 e. The standard InChI is InChI=1S/C10H8F2N2O2/c11-6-1-2-7(10(13)9(6)12)14-4-5(15)3-8(14)16/h1-2H,3-4,13H2. The molecule has 1 aliphatic rings. The second kappa shape index (κ2) is 3.55. The van der Waals surface area contributed by atoms with Crippen LogP contribution in [0.1, 0.15) is 6.42 Å². The lowest BCUT2D eigenvalue weighted by Gasteiger charge is -2.17. The number of Topliss-reactive ketones (excluding diaryl/α,β-unsaturated/α-hetero) is 1. The van der Waals surface area contributed by atoms with E-state index >= 15 is 0 Å². The normalized spacial score (nSPS) is 16.0. The van der Waals surface area contributed by atoms with Crippen LogP contribution in [0.5, 0.6) is 0 Å². The van der Waals surface area contributed by atoms with Gasteiger partial charge in [0.1, 0.15) is 0 Å². The summed E-state index contributed by atoms with van der Waals surface area (Å²) in [5.41, 5.74) is 4.93. The van der Waals surface area contributed by atoms with E-state index in [9.17, 15) is 18.4 Å². The topological polar surface area (TPSA) is 63.4 Å². The van der Waals surface area contributed by atoms with Crippen LogP contribution in [0.4, 0.5) is 20.2 Å². The molecule has 2 rings (SSSR count). The maximum atomic E-state index is 13.1. The van der Waals surface area contributed by atoms with Crippen molar-refractivity contribution < 1.29 is 18.4 Å². The number of anilines is 2. The smallest absolute Gasteiger partial charge is 0.234 e. The molecule has 0 aliphatic carbocycles. The van der Waals surface area contributed by atoms with E-state index in [0.717, 1.165) is 11.0 Å². The zero-order valence-corrected chi connectivity index (χ0v) is 8.17. The first-order valence-electron chi connectivity index (χ1n) is 4.56. The molecule has 2 N–H and O–H groups in total. The third kappa shape index (κ3) is 1.52. The SMILES string of the molecule is Nc1c(N2CC(=O)CC2=O)ccc(F)c1F. The van der Waals surface area contributed by atoms with E-state index in [2.05, 4.69) is 0 Å². The van der Waals surface area contributed by atoms with Gasteiger partial charge in [-0.05, 0) is 12.1 Å². The molecule has 1 fully saturated rings. The number of hydrogen-bond donors (Lipinski definition) is 1. The number of benzene rings is 1. The molecule has 1 aromatic rings. The fourth-order valence-electron chi connectivity index (χ4n) is 1.60. The average Bonchev–Trinajstić information content (AvgIpc) is 2.55. The highest BCUT2D eigenvalue weighted by molar-refractivity contribution is 6.15. The predicted molar refractivity (Wildman–Crippen MR) is 52.7 cm³/mol.